The molecule has 144 valence electrons. The van der Waals surface area contributed by atoms with Crippen molar-refractivity contribution in [3.8, 4) is 11.8 Å². The summed E-state index contributed by atoms with van der Waals surface area (Å²) in [5, 5.41) is 3.03. The van der Waals surface area contributed by atoms with E-state index in [4.69, 9.17) is 0 Å². The van der Waals surface area contributed by atoms with E-state index in [0.717, 1.165) is 16.8 Å². The van der Waals surface area contributed by atoms with Crippen LogP contribution < -0.4 is 10.2 Å². The number of para-hydroxylation sites is 1. The molecule has 4 nitrogen and oxygen atoms in total. The second-order valence-corrected chi connectivity index (χ2v) is 8.67. The minimum absolute atomic E-state index is 0.177. The highest BCUT2D eigenvalue weighted by Crippen LogP contribution is 2.45. The molecule has 0 fully saturated rings. The molecule has 0 bridgehead atoms. The maximum atomic E-state index is 13.2. The molecular weight excluding hydrogens is 348 g/mol. The Morgan fingerprint density at radius 2 is 1.61 bits per heavy atom. The first-order valence-electron chi connectivity index (χ1n) is 9.43. The van der Waals surface area contributed by atoms with Crippen molar-refractivity contribution in [1.29, 1.82) is 0 Å². The number of carbonyl (C=O) groups excluding carboxylic acids is 2. The molecule has 2 aromatic rings. The average molecular weight is 374 g/mol. The molecule has 1 unspecified atom stereocenters. The van der Waals surface area contributed by atoms with Crippen LogP contribution in [-0.2, 0) is 15.0 Å². The van der Waals surface area contributed by atoms with E-state index in [1.165, 1.54) is 0 Å². The van der Waals surface area contributed by atoms with Crippen LogP contribution in [0.2, 0.25) is 0 Å². The second kappa shape index (κ2) is 7.16. The van der Waals surface area contributed by atoms with Gasteiger partial charge in [0, 0.05) is 28.1 Å². The summed E-state index contributed by atoms with van der Waals surface area (Å²) in [6.07, 6.45) is 0. The standard InChI is InChI=1S/C24H26N2O2/c1-23(2,3)25-22(28)21-24(4,5)18-13-9-10-14-19(18)26(21)20(27)16-15-17-11-7-6-8-12-17/h6-14,21H,1-5H3,(H,25,28). The minimum Gasteiger partial charge on any atom is -0.350 e. The molecule has 4 heteroatoms. The molecule has 1 atom stereocenters. The van der Waals surface area contributed by atoms with Gasteiger partial charge in [0.1, 0.15) is 6.04 Å². The molecule has 2 amide bonds. The van der Waals surface area contributed by atoms with E-state index in [2.05, 4.69) is 17.2 Å². The summed E-state index contributed by atoms with van der Waals surface area (Å²) in [6.45, 7) is 9.79. The van der Waals surface area contributed by atoms with E-state index in [9.17, 15) is 9.59 Å². The van der Waals surface area contributed by atoms with E-state index in [0.29, 0.717) is 0 Å². The fourth-order valence-electron chi connectivity index (χ4n) is 3.65. The maximum absolute atomic E-state index is 13.2. The Morgan fingerprint density at radius 1 is 1.00 bits per heavy atom. The van der Waals surface area contributed by atoms with E-state index >= 15 is 0 Å². The molecule has 0 saturated carbocycles. The lowest BCUT2D eigenvalue weighted by atomic mass is 9.80. The Labute approximate surface area is 166 Å². The number of rotatable bonds is 1. The Bertz CT molecular complexity index is 959. The van der Waals surface area contributed by atoms with Gasteiger partial charge >= 0.3 is 5.91 Å². The van der Waals surface area contributed by atoms with Crippen molar-refractivity contribution < 1.29 is 9.59 Å². The van der Waals surface area contributed by atoms with E-state index < -0.39 is 17.0 Å². The van der Waals surface area contributed by atoms with Crippen LogP contribution in [0.5, 0.6) is 0 Å². The topological polar surface area (TPSA) is 49.4 Å². The summed E-state index contributed by atoms with van der Waals surface area (Å²) in [4.78, 5) is 27.9. The van der Waals surface area contributed by atoms with Gasteiger partial charge in [0.05, 0.1) is 0 Å². The highest BCUT2D eigenvalue weighted by atomic mass is 16.2. The van der Waals surface area contributed by atoms with Crippen LogP contribution in [0.15, 0.2) is 54.6 Å². The summed E-state index contributed by atoms with van der Waals surface area (Å²) in [5.41, 5.74) is 1.55. The van der Waals surface area contributed by atoms with Crippen LogP contribution in [0.25, 0.3) is 0 Å². The number of amides is 2. The first kappa shape index (κ1) is 19.7. The average Bonchev–Trinajstić information content (AvgIpc) is 2.87. The van der Waals surface area contributed by atoms with Gasteiger partial charge in [-0.2, -0.15) is 0 Å². The third-order valence-electron chi connectivity index (χ3n) is 4.85. The van der Waals surface area contributed by atoms with Crippen molar-refractivity contribution in [3.63, 3.8) is 0 Å². The summed E-state index contributed by atoms with van der Waals surface area (Å²) < 4.78 is 0. The van der Waals surface area contributed by atoms with Gasteiger partial charge in [-0.3, -0.25) is 14.5 Å². The lowest BCUT2D eigenvalue weighted by Gasteiger charge is -2.33. The molecule has 28 heavy (non-hydrogen) atoms. The van der Waals surface area contributed by atoms with Gasteiger partial charge in [-0.25, -0.2) is 0 Å². The molecule has 1 aliphatic heterocycles. The van der Waals surface area contributed by atoms with Gasteiger partial charge in [-0.15, -0.1) is 0 Å². The highest BCUT2D eigenvalue weighted by Gasteiger charge is 2.51. The largest absolute Gasteiger partial charge is 0.350 e. The maximum Gasteiger partial charge on any atom is 0.304 e. The number of benzene rings is 2. The molecule has 0 spiro atoms. The van der Waals surface area contributed by atoms with E-state index in [1.807, 2.05) is 89.2 Å². The molecule has 1 N–H and O–H groups in total. The summed E-state index contributed by atoms with van der Waals surface area (Å²) in [6, 6.07) is 16.4. The third-order valence-corrected chi connectivity index (χ3v) is 4.85. The Balaban J connectivity index is 2.03. The number of hydrogen-bond donors (Lipinski definition) is 1. The van der Waals surface area contributed by atoms with Gasteiger partial charge in [-0.05, 0) is 44.5 Å². The Morgan fingerprint density at radius 3 is 2.25 bits per heavy atom. The molecule has 3 rings (SSSR count). The van der Waals surface area contributed by atoms with Crippen molar-refractivity contribution in [2.24, 2.45) is 0 Å². The van der Waals surface area contributed by atoms with Crippen molar-refractivity contribution in [3.05, 3.63) is 65.7 Å². The summed E-state index contributed by atoms with van der Waals surface area (Å²) >= 11 is 0. The lowest BCUT2D eigenvalue weighted by Crippen LogP contribution is -2.57. The first-order chi connectivity index (χ1) is 13.1. The first-order valence-corrected chi connectivity index (χ1v) is 9.43. The monoisotopic (exact) mass is 374 g/mol. The molecule has 0 radical (unpaired) electrons. The predicted octanol–water partition coefficient (Wildman–Crippen LogP) is 3.65. The molecule has 0 saturated heterocycles. The molecule has 1 heterocycles. The van der Waals surface area contributed by atoms with Crippen molar-refractivity contribution in [2.75, 3.05) is 4.90 Å². The molecule has 0 aromatic heterocycles. The zero-order chi connectivity index (χ0) is 20.5. The van der Waals surface area contributed by atoms with Crippen LogP contribution in [0.1, 0.15) is 45.7 Å². The van der Waals surface area contributed by atoms with Crippen molar-refractivity contribution in [2.45, 2.75) is 51.6 Å². The fourth-order valence-corrected chi connectivity index (χ4v) is 3.65. The fraction of sp³-hybridized carbons (Fsp3) is 0.333. The van der Waals surface area contributed by atoms with Crippen LogP contribution in [0.4, 0.5) is 5.69 Å². The summed E-state index contributed by atoms with van der Waals surface area (Å²) in [5.74, 6) is 5.08. The van der Waals surface area contributed by atoms with Crippen LogP contribution in [0.3, 0.4) is 0 Å². The van der Waals surface area contributed by atoms with Gasteiger partial charge < -0.3 is 5.32 Å². The number of hydrogen-bond acceptors (Lipinski definition) is 2. The normalized spacial score (nSPS) is 17.3. The number of fused-ring (bicyclic) bond motifs is 1. The molecule has 0 aliphatic carbocycles. The second-order valence-electron chi connectivity index (χ2n) is 8.67. The summed E-state index contributed by atoms with van der Waals surface area (Å²) in [7, 11) is 0. The third kappa shape index (κ3) is 3.80. The zero-order valence-corrected chi connectivity index (χ0v) is 17.0. The van der Waals surface area contributed by atoms with Gasteiger partial charge in [-0.1, -0.05) is 56.2 Å². The minimum atomic E-state index is -0.665. The molecule has 1 aliphatic rings. The van der Waals surface area contributed by atoms with E-state index in [1.54, 1.807) is 4.90 Å². The van der Waals surface area contributed by atoms with Gasteiger partial charge in [0.2, 0.25) is 5.91 Å². The number of anilines is 1. The zero-order valence-electron chi connectivity index (χ0n) is 17.0. The van der Waals surface area contributed by atoms with Gasteiger partial charge in [0.25, 0.3) is 0 Å². The number of carbonyl (C=O) groups is 2. The van der Waals surface area contributed by atoms with E-state index in [-0.39, 0.29) is 11.8 Å². The lowest BCUT2D eigenvalue weighted by molar-refractivity contribution is -0.127. The number of nitrogens with one attached hydrogen (secondary N) is 1. The Kier molecular flexibility index (Phi) is 5.04. The number of nitrogens with zero attached hydrogens (tertiary/aromatic N) is 1. The van der Waals surface area contributed by atoms with Crippen molar-refractivity contribution in [1.82, 2.24) is 5.32 Å². The molecular formula is C24H26N2O2. The van der Waals surface area contributed by atoms with Crippen LogP contribution in [0, 0.1) is 11.8 Å². The molecule has 2 aromatic carbocycles. The smallest absolute Gasteiger partial charge is 0.304 e. The quantitative estimate of drug-likeness (QED) is 0.775. The van der Waals surface area contributed by atoms with Crippen LogP contribution >= 0.6 is 0 Å². The van der Waals surface area contributed by atoms with Gasteiger partial charge in [0.15, 0.2) is 0 Å². The predicted molar refractivity (Wildman–Crippen MR) is 112 cm³/mol. The SMILES string of the molecule is CC(C)(C)NC(=O)C1N(C(=O)C#Cc2ccccc2)c2ccccc2C1(C)C. The van der Waals surface area contributed by atoms with Crippen molar-refractivity contribution >= 4 is 17.5 Å². The highest BCUT2D eigenvalue weighted by molar-refractivity contribution is 6.12. The van der Waals surface area contributed by atoms with Crippen LogP contribution in [-0.4, -0.2) is 23.4 Å². The Hall–Kier alpha value is -3.06.